The molecule has 0 aromatic carbocycles. The maximum Gasteiger partial charge on any atom is 0.132 e. The van der Waals surface area contributed by atoms with Crippen molar-refractivity contribution in [2.75, 3.05) is 0 Å². The van der Waals surface area contributed by atoms with Gasteiger partial charge in [0.15, 0.2) is 0 Å². The first kappa shape index (κ1) is 22.1. The largest absolute Gasteiger partial charge is 0.218 e. The van der Waals surface area contributed by atoms with Gasteiger partial charge in [-0.25, -0.2) is 15.0 Å². The van der Waals surface area contributed by atoms with E-state index < -0.39 is 0 Å². The van der Waals surface area contributed by atoms with Crippen LogP contribution in [0.4, 0.5) is 0 Å². The Hall–Kier alpha value is -0.990. The standard InChI is InChI=1S/C22H41N3/c1-4-6-8-10-12-14-16-18-21-23-20(3)24-22(25-21)19-17-15-13-11-9-7-5-2/h4-19H2,1-3H3. The van der Waals surface area contributed by atoms with E-state index in [1.165, 1.54) is 89.9 Å². The molecule has 0 saturated heterocycles. The summed E-state index contributed by atoms with van der Waals surface area (Å²) >= 11 is 0. The fourth-order valence-electron chi connectivity index (χ4n) is 3.30. The quantitative estimate of drug-likeness (QED) is 0.310. The lowest BCUT2D eigenvalue weighted by Gasteiger charge is -2.06. The molecule has 0 aliphatic rings. The van der Waals surface area contributed by atoms with Crippen molar-refractivity contribution in [3.63, 3.8) is 0 Å². The van der Waals surface area contributed by atoms with Crippen LogP contribution in [0.1, 0.15) is 121 Å². The summed E-state index contributed by atoms with van der Waals surface area (Å²) in [5.41, 5.74) is 0. The lowest BCUT2D eigenvalue weighted by molar-refractivity contribution is 0.574. The monoisotopic (exact) mass is 347 g/mol. The first-order valence-electron chi connectivity index (χ1n) is 11.0. The first-order chi connectivity index (χ1) is 12.3. The lowest BCUT2D eigenvalue weighted by atomic mass is 10.1. The molecule has 0 saturated carbocycles. The summed E-state index contributed by atoms with van der Waals surface area (Å²) in [7, 11) is 0. The molecule has 1 aromatic heterocycles. The van der Waals surface area contributed by atoms with Crippen LogP contribution in [0, 0.1) is 6.92 Å². The third kappa shape index (κ3) is 12.1. The summed E-state index contributed by atoms with van der Waals surface area (Å²) in [4.78, 5) is 13.8. The highest BCUT2D eigenvalue weighted by Gasteiger charge is 2.04. The second kappa shape index (κ2) is 15.3. The molecule has 0 atom stereocenters. The summed E-state index contributed by atoms with van der Waals surface area (Å²) in [5, 5.41) is 0. The second-order valence-electron chi connectivity index (χ2n) is 7.46. The number of hydrogen-bond donors (Lipinski definition) is 0. The van der Waals surface area contributed by atoms with Crippen LogP contribution in [0.5, 0.6) is 0 Å². The first-order valence-corrected chi connectivity index (χ1v) is 11.0. The van der Waals surface area contributed by atoms with Gasteiger partial charge in [0.25, 0.3) is 0 Å². The van der Waals surface area contributed by atoms with Crippen molar-refractivity contribution < 1.29 is 0 Å². The molecular formula is C22H41N3. The van der Waals surface area contributed by atoms with Gasteiger partial charge in [-0.2, -0.15) is 0 Å². The van der Waals surface area contributed by atoms with Gasteiger partial charge in [-0.15, -0.1) is 0 Å². The topological polar surface area (TPSA) is 38.7 Å². The van der Waals surface area contributed by atoms with Crippen molar-refractivity contribution in [3.05, 3.63) is 17.5 Å². The van der Waals surface area contributed by atoms with E-state index in [-0.39, 0.29) is 0 Å². The molecule has 0 unspecified atom stereocenters. The number of aromatic nitrogens is 3. The van der Waals surface area contributed by atoms with E-state index >= 15 is 0 Å². The van der Waals surface area contributed by atoms with E-state index in [1.807, 2.05) is 6.92 Å². The van der Waals surface area contributed by atoms with Gasteiger partial charge in [-0.3, -0.25) is 0 Å². The highest BCUT2D eigenvalue weighted by molar-refractivity contribution is 4.96. The fourth-order valence-corrected chi connectivity index (χ4v) is 3.30. The zero-order valence-corrected chi connectivity index (χ0v) is 17.2. The van der Waals surface area contributed by atoms with Crippen molar-refractivity contribution in [3.8, 4) is 0 Å². The molecule has 0 fully saturated rings. The van der Waals surface area contributed by atoms with E-state index in [4.69, 9.17) is 4.98 Å². The minimum atomic E-state index is 0.894. The Morgan fingerprint density at radius 3 is 1.24 bits per heavy atom. The predicted molar refractivity (Wildman–Crippen MR) is 108 cm³/mol. The van der Waals surface area contributed by atoms with Gasteiger partial charge in [0, 0.05) is 12.8 Å². The maximum absolute atomic E-state index is 4.71. The molecule has 144 valence electrons. The zero-order chi connectivity index (χ0) is 18.2. The van der Waals surface area contributed by atoms with Crippen molar-refractivity contribution in [1.29, 1.82) is 0 Å². The van der Waals surface area contributed by atoms with Crippen LogP contribution in [0.15, 0.2) is 0 Å². The molecule has 0 bridgehead atoms. The second-order valence-corrected chi connectivity index (χ2v) is 7.46. The Kier molecular flexibility index (Phi) is 13.5. The summed E-state index contributed by atoms with van der Waals surface area (Å²) in [6.07, 6.45) is 20.8. The summed E-state index contributed by atoms with van der Waals surface area (Å²) in [6.45, 7) is 6.55. The highest BCUT2D eigenvalue weighted by Crippen LogP contribution is 2.11. The molecule has 1 aromatic rings. The van der Waals surface area contributed by atoms with Gasteiger partial charge < -0.3 is 0 Å². The Bertz CT molecular complexity index is 395. The zero-order valence-electron chi connectivity index (χ0n) is 17.2. The van der Waals surface area contributed by atoms with Crippen LogP contribution >= 0.6 is 0 Å². The van der Waals surface area contributed by atoms with Gasteiger partial charge in [-0.1, -0.05) is 90.9 Å². The van der Waals surface area contributed by atoms with Crippen LogP contribution in [-0.4, -0.2) is 15.0 Å². The van der Waals surface area contributed by atoms with Crippen LogP contribution in [0.3, 0.4) is 0 Å². The van der Waals surface area contributed by atoms with E-state index in [0.29, 0.717) is 0 Å². The van der Waals surface area contributed by atoms with Crippen LogP contribution in [-0.2, 0) is 12.8 Å². The van der Waals surface area contributed by atoms with E-state index in [1.54, 1.807) is 0 Å². The SMILES string of the molecule is CCCCCCCCCc1nc(C)nc(CCCCCCCCC)n1. The number of aryl methyl sites for hydroxylation is 3. The summed E-state index contributed by atoms with van der Waals surface area (Å²) in [6, 6.07) is 0. The number of hydrogen-bond acceptors (Lipinski definition) is 3. The molecule has 1 rings (SSSR count). The minimum absolute atomic E-state index is 0.894. The summed E-state index contributed by atoms with van der Waals surface area (Å²) < 4.78 is 0. The average molecular weight is 348 g/mol. The van der Waals surface area contributed by atoms with Crippen LogP contribution < -0.4 is 0 Å². The molecule has 3 nitrogen and oxygen atoms in total. The van der Waals surface area contributed by atoms with Crippen molar-refractivity contribution in [1.82, 2.24) is 15.0 Å². The van der Waals surface area contributed by atoms with Crippen LogP contribution in [0.25, 0.3) is 0 Å². The molecule has 0 aliphatic carbocycles. The molecular weight excluding hydrogens is 306 g/mol. The van der Waals surface area contributed by atoms with Crippen molar-refractivity contribution >= 4 is 0 Å². The fraction of sp³-hybridized carbons (Fsp3) is 0.864. The summed E-state index contributed by atoms with van der Waals surface area (Å²) in [5.74, 6) is 2.92. The van der Waals surface area contributed by atoms with Gasteiger partial charge >= 0.3 is 0 Å². The maximum atomic E-state index is 4.71. The lowest BCUT2D eigenvalue weighted by Crippen LogP contribution is -2.06. The Balaban J connectivity index is 2.19. The number of nitrogens with zero attached hydrogens (tertiary/aromatic N) is 3. The van der Waals surface area contributed by atoms with Gasteiger partial charge in [-0.05, 0) is 19.8 Å². The molecule has 0 aliphatic heterocycles. The van der Waals surface area contributed by atoms with Crippen molar-refractivity contribution in [2.45, 2.75) is 124 Å². The normalized spacial score (nSPS) is 11.2. The van der Waals surface area contributed by atoms with Crippen LogP contribution in [0.2, 0.25) is 0 Å². The predicted octanol–water partition coefficient (Wildman–Crippen LogP) is 6.77. The van der Waals surface area contributed by atoms with Gasteiger partial charge in [0.1, 0.15) is 17.5 Å². The van der Waals surface area contributed by atoms with E-state index in [0.717, 1.165) is 30.3 Å². The highest BCUT2D eigenvalue weighted by atomic mass is 15.0. The van der Waals surface area contributed by atoms with Gasteiger partial charge in [0.05, 0.1) is 0 Å². The van der Waals surface area contributed by atoms with E-state index in [2.05, 4.69) is 23.8 Å². The Morgan fingerprint density at radius 1 is 0.480 bits per heavy atom. The molecule has 1 heterocycles. The molecule has 0 N–H and O–H groups in total. The van der Waals surface area contributed by atoms with E-state index in [9.17, 15) is 0 Å². The molecule has 25 heavy (non-hydrogen) atoms. The third-order valence-electron chi connectivity index (χ3n) is 4.85. The molecule has 0 spiro atoms. The third-order valence-corrected chi connectivity index (χ3v) is 4.85. The number of rotatable bonds is 16. The molecule has 0 radical (unpaired) electrons. The Labute approximate surface area is 156 Å². The smallest absolute Gasteiger partial charge is 0.132 e. The van der Waals surface area contributed by atoms with Gasteiger partial charge in [0.2, 0.25) is 0 Å². The van der Waals surface area contributed by atoms with Crippen molar-refractivity contribution in [2.24, 2.45) is 0 Å². The Morgan fingerprint density at radius 2 is 0.840 bits per heavy atom. The number of unbranched alkanes of at least 4 members (excludes halogenated alkanes) is 12. The minimum Gasteiger partial charge on any atom is -0.218 e. The molecule has 0 amide bonds. The average Bonchev–Trinajstić information content (AvgIpc) is 2.60. The molecule has 3 heteroatoms.